The summed E-state index contributed by atoms with van der Waals surface area (Å²) in [5.74, 6) is 0.786. The Morgan fingerprint density at radius 1 is 0.947 bits per heavy atom. The molecule has 3 heteroatoms. The van der Waals surface area contributed by atoms with Crippen molar-refractivity contribution in [3.63, 3.8) is 0 Å². The Hall–Kier alpha value is -0.120. The van der Waals surface area contributed by atoms with Gasteiger partial charge >= 0.3 is 0 Å². The second kappa shape index (κ2) is 7.61. The van der Waals surface area contributed by atoms with E-state index >= 15 is 0 Å². The fraction of sp³-hybridized carbons (Fsp3) is 1.00. The summed E-state index contributed by atoms with van der Waals surface area (Å²) in [5, 5.41) is 2.51. The zero-order valence-corrected chi connectivity index (χ0v) is 12.9. The Labute approximate surface area is 119 Å². The van der Waals surface area contributed by atoms with E-state index in [-0.39, 0.29) is 0 Å². The average Bonchev–Trinajstić information content (AvgIpc) is 2.67. The van der Waals surface area contributed by atoms with Gasteiger partial charge in [-0.1, -0.05) is 32.1 Å². The topological polar surface area (TPSA) is 41.3 Å². The van der Waals surface area contributed by atoms with Crippen LogP contribution in [0.25, 0.3) is 0 Å². The highest BCUT2D eigenvalue weighted by molar-refractivity contribution is 4.83. The molecule has 3 N–H and O–H groups in total. The lowest BCUT2D eigenvalue weighted by Crippen LogP contribution is -2.58. The summed E-state index contributed by atoms with van der Waals surface area (Å²) in [6.07, 6.45) is 12.4. The Bertz CT molecular complexity index is 238. The fourth-order valence-electron chi connectivity index (χ4n) is 3.93. The standard InChI is InChI=1S/C16H33N3/c1-13-8-7-9-14(2)19(13)18-16(12-17)15-10-5-3-4-6-11-15/h13-16,18H,3-12,17H2,1-2H3. The molecule has 0 spiro atoms. The summed E-state index contributed by atoms with van der Waals surface area (Å²) >= 11 is 0. The molecule has 1 aliphatic carbocycles. The van der Waals surface area contributed by atoms with E-state index in [1.165, 1.54) is 57.8 Å². The van der Waals surface area contributed by atoms with Crippen LogP contribution in [-0.4, -0.2) is 29.7 Å². The van der Waals surface area contributed by atoms with E-state index in [0.717, 1.165) is 12.5 Å². The predicted molar refractivity (Wildman–Crippen MR) is 81.8 cm³/mol. The van der Waals surface area contributed by atoms with Crippen molar-refractivity contribution >= 4 is 0 Å². The minimum Gasteiger partial charge on any atom is -0.329 e. The van der Waals surface area contributed by atoms with Gasteiger partial charge in [-0.3, -0.25) is 5.43 Å². The van der Waals surface area contributed by atoms with Gasteiger partial charge in [-0.15, -0.1) is 0 Å². The number of rotatable bonds is 4. The number of nitrogens with two attached hydrogens (primary N) is 1. The van der Waals surface area contributed by atoms with E-state index < -0.39 is 0 Å². The molecule has 3 atom stereocenters. The molecule has 0 aromatic heterocycles. The van der Waals surface area contributed by atoms with Gasteiger partial charge in [0.25, 0.3) is 0 Å². The molecule has 3 unspecified atom stereocenters. The zero-order chi connectivity index (χ0) is 13.7. The Morgan fingerprint density at radius 3 is 2.05 bits per heavy atom. The molecule has 2 fully saturated rings. The van der Waals surface area contributed by atoms with Crippen molar-refractivity contribution in [2.75, 3.05) is 6.54 Å². The first-order valence-electron chi connectivity index (χ1n) is 8.47. The van der Waals surface area contributed by atoms with Crippen LogP contribution in [0.4, 0.5) is 0 Å². The summed E-state index contributed by atoms with van der Waals surface area (Å²) in [6, 6.07) is 1.80. The lowest BCUT2D eigenvalue weighted by atomic mass is 9.92. The Morgan fingerprint density at radius 2 is 1.53 bits per heavy atom. The van der Waals surface area contributed by atoms with Crippen LogP contribution in [0.5, 0.6) is 0 Å². The first-order chi connectivity index (χ1) is 9.22. The molecule has 2 rings (SSSR count). The van der Waals surface area contributed by atoms with Crippen LogP contribution < -0.4 is 11.2 Å². The molecule has 19 heavy (non-hydrogen) atoms. The third-order valence-corrected chi connectivity index (χ3v) is 5.23. The van der Waals surface area contributed by atoms with Crippen LogP contribution in [-0.2, 0) is 0 Å². The molecule has 0 bridgehead atoms. The van der Waals surface area contributed by atoms with Crippen LogP contribution >= 0.6 is 0 Å². The lowest BCUT2D eigenvalue weighted by Gasteiger charge is -2.43. The summed E-state index contributed by atoms with van der Waals surface area (Å²) in [6.45, 7) is 5.48. The van der Waals surface area contributed by atoms with Gasteiger partial charge in [0.1, 0.15) is 0 Å². The molecular weight excluding hydrogens is 234 g/mol. The molecule has 0 amide bonds. The van der Waals surface area contributed by atoms with Crippen LogP contribution in [0.2, 0.25) is 0 Å². The highest BCUT2D eigenvalue weighted by Gasteiger charge is 2.29. The maximum Gasteiger partial charge on any atom is 0.0366 e. The molecule has 1 aliphatic heterocycles. The van der Waals surface area contributed by atoms with Crippen molar-refractivity contribution in [1.29, 1.82) is 0 Å². The molecule has 3 nitrogen and oxygen atoms in total. The average molecular weight is 267 g/mol. The first-order valence-corrected chi connectivity index (χ1v) is 8.47. The van der Waals surface area contributed by atoms with Crippen molar-refractivity contribution < 1.29 is 0 Å². The third kappa shape index (κ3) is 4.17. The van der Waals surface area contributed by atoms with Crippen molar-refractivity contribution in [3.8, 4) is 0 Å². The van der Waals surface area contributed by atoms with Crippen molar-refractivity contribution in [1.82, 2.24) is 10.4 Å². The van der Waals surface area contributed by atoms with Gasteiger partial charge in [-0.2, -0.15) is 0 Å². The molecule has 1 saturated heterocycles. The number of nitrogens with one attached hydrogen (secondary N) is 1. The molecule has 0 aromatic rings. The number of hydrogen-bond acceptors (Lipinski definition) is 3. The number of nitrogens with zero attached hydrogens (tertiary/aromatic N) is 1. The largest absolute Gasteiger partial charge is 0.329 e. The molecule has 112 valence electrons. The van der Waals surface area contributed by atoms with Gasteiger partial charge < -0.3 is 5.73 Å². The van der Waals surface area contributed by atoms with Gasteiger partial charge in [0.2, 0.25) is 0 Å². The Kier molecular flexibility index (Phi) is 6.11. The van der Waals surface area contributed by atoms with Gasteiger partial charge in [0.05, 0.1) is 0 Å². The molecule has 2 aliphatic rings. The second-order valence-electron chi connectivity index (χ2n) is 6.76. The Balaban J connectivity index is 1.92. The maximum absolute atomic E-state index is 6.07. The third-order valence-electron chi connectivity index (χ3n) is 5.23. The maximum atomic E-state index is 6.07. The highest BCUT2D eigenvalue weighted by atomic mass is 15.5. The van der Waals surface area contributed by atoms with Crippen LogP contribution in [0.1, 0.15) is 71.6 Å². The number of hydrogen-bond donors (Lipinski definition) is 2. The molecule has 0 aromatic carbocycles. The van der Waals surface area contributed by atoms with E-state index in [1.54, 1.807) is 0 Å². The summed E-state index contributed by atoms with van der Waals surface area (Å²) in [5.41, 5.74) is 9.88. The van der Waals surface area contributed by atoms with Crippen LogP contribution in [0.3, 0.4) is 0 Å². The van der Waals surface area contributed by atoms with Gasteiger partial charge in [0, 0.05) is 24.7 Å². The molecule has 1 heterocycles. The SMILES string of the molecule is CC1CCCC(C)N1NC(CN)C1CCCCCC1. The summed E-state index contributed by atoms with van der Waals surface area (Å²) in [4.78, 5) is 0. The first kappa shape index (κ1) is 15.3. The summed E-state index contributed by atoms with van der Waals surface area (Å²) < 4.78 is 0. The zero-order valence-electron chi connectivity index (χ0n) is 12.9. The van der Waals surface area contributed by atoms with Crippen molar-refractivity contribution in [2.45, 2.75) is 89.8 Å². The summed E-state index contributed by atoms with van der Waals surface area (Å²) in [7, 11) is 0. The molecule has 1 saturated carbocycles. The minimum atomic E-state index is 0.487. The van der Waals surface area contributed by atoms with E-state index in [9.17, 15) is 0 Å². The minimum absolute atomic E-state index is 0.487. The normalized spacial score (nSPS) is 33.0. The van der Waals surface area contributed by atoms with E-state index in [4.69, 9.17) is 5.73 Å². The number of piperidine rings is 1. The van der Waals surface area contributed by atoms with Crippen molar-refractivity contribution in [2.24, 2.45) is 11.7 Å². The second-order valence-corrected chi connectivity index (χ2v) is 6.76. The van der Waals surface area contributed by atoms with Crippen LogP contribution in [0, 0.1) is 5.92 Å². The lowest BCUT2D eigenvalue weighted by molar-refractivity contribution is 0.0185. The smallest absolute Gasteiger partial charge is 0.0366 e. The van der Waals surface area contributed by atoms with E-state index in [1.807, 2.05) is 0 Å². The molecule has 0 radical (unpaired) electrons. The van der Waals surface area contributed by atoms with E-state index in [0.29, 0.717) is 18.1 Å². The molecular formula is C16H33N3. The predicted octanol–water partition coefficient (Wildman–Crippen LogP) is 3.05. The fourth-order valence-corrected chi connectivity index (χ4v) is 3.93. The quantitative estimate of drug-likeness (QED) is 0.769. The number of hydrazine groups is 1. The van der Waals surface area contributed by atoms with Gasteiger partial charge in [-0.05, 0) is 45.4 Å². The van der Waals surface area contributed by atoms with Crippen molar-refractivity contribution in [3.05, 3.63) is 0 Å². The van der Waals surface area contributed by atoms with Gasteiger partial charge in [-0.25, -0.2) is 5.01 Å². The monoisotopic (exact) mass is 267 g/mol. The van der Waals surface area contributed by atoms with Gasteiger partial charge in [0.15, 0.2) is 0 Å². The highest BCUT2D eigenvalue weighted by Crippen LogP contribution is 2.27. The van der Waals surface area contributed by atoms with E-state index in [2.05, 4.69) is 24.3 Å². The van der Waals surface area contributed by atoms with Crippen LogP contribution in [0.15, 0.2) is 0 Å².